The van der Waals surface area contributed by atoms with Crippen molar-refractivity contribution in [1.82, 2.24) is 5.32 Å². The molecule has 1 N–H and O–H groups in total. The van der Waals surface area contributed by atoms with Gasteiger partial charge in [-0.15, -0.1) is 0 Å². The van der Waals surface area contributed by atoms with Crippen LogP contribution in [0.3, 0.4) is 0 Å². The summed E-state index contributed by atoms with van der Waals surface area (Å²) in [5.74, 6) is 0.655. The second-order valence-corrected chi connectivity index (χ2v) is 5.89. The maximum atomic E-state index is 11.8. The number of benzene rings is 2. The monoisotopic (exact) mass is 383 g/mol. The van der Waals surface area contributed by atoms with Gasteiger partial charge in [0.15, 0.2) is 6.61 Å². The molecule has 0 radical (unpaired) electrons. The van der Waals surface area contributed by atoms with E-state index in [9.17, 15) is 9.59 Å². The lowest BCUT2D eigenvalue weighted by Gasteiger charge is -2.06. The molecule has 6 nitrogen and oxygen atoms in total. The number of carbonyl (C=O) groups is 2. The number of carbonyl (C=O) groups excluding carboxylic acids is 2. The summed E-state index contributed by atoms with van der Waals surface area (Å²) in [4.78, 5) is 23.5. The molecule has 2 aromatic carbocycles. The Hall–Kier alpha value is -3.28. The fraction of sp³-hybridized carbons (Fsp3) is 0.273. The van der Waals surface area contributed by atoms with E-state index in [1.807, 2.05) is 55.5 Å². The Bertz CT molecular complexity index is 782. The summed E-state index contributed by atoms with van der Waals surface area (Å²) >= 11 is 0. The molecule has 0 aromatic heterocycles. The fourth-order valence-corrected chi connectivity index (χ4v) is 2.38. The summed E-state index contributed by atoms with van der Waals surface area (Å²) < 4.78 is 15.4. The second-order valence-electron chi connectivity index (χ2n) is 5.89. The standard InChI is InChI=1S/C22H25NO5/c1-3-27-20-11-6-17(7-12-20)8-13-22(25)28-16-21(24)23-15-14-18-4-9-19(26-2)10-5-18/h4-13H,3,14-16H2,1-2H3,(H,23,24)/b13-8+. The quantitative estimate of drug-likeness (QED) is 0.504. The van der Waals surface area contributed by atoms with E-state index in [4.69, 9.17) is 14.2 Å². The van der Waals surface area contributed by atoms with Crippen molar-refractivity contribution in [1.29, 1.82) is 0 Å². The minimum atomic E-state index is -0.570. The van der Waals surface area contributed by atoms with Gasteiger partial charge in [-0.1, -0.05) is 24.3 Å². The van der Waals surface area contributed by atoms with Crippen molar-refractivity contribution in [2.24, 2.45) is 0 Å². The molecule has 0 fully saturated rings. The molecule has 6 heteroatoms. The smallest absolute Gasteiger partial charge is 0.331 e. The lowest BCUT2D eigenvalue weighted by Crippen LogP contribution is -2.30. The number of ether oxygens (including phenoxy) is 3. The van der Waals surface area contributed by atoms with Gasteiger partial charge in [0.1, 0.15) is 11.5 Å². The Labute approximate surface area is 165 Å². The normalized spacial score (nSPS) is 10.5. The van der Waals surface area contributed by atoms with Gasteiger partial charge in [0.2, 0.25) is 0 Å². The van der Waals surface area contributed by atoms with E-state index < -0.39 is 5.97 Å². The van der Waals surface area contributed by atoms with Crippen molar-refractivity contribution in [3.05, 3.63) is 65.7 Å². The molecule has 0 saturated carbocycles. The number of amides is 1. The van der Waals surface area contributed by atoms with Crippen LogP contribution in [0.15, 0.2) is 54.6 Å². The van der Waals surface area contributed by atoms with Crippen LogP contribution in [0.1, 0.15) is 18.1 Å². The molecule has 0 saturated heterocycles. The van der Waals surface area contributed by atoms with Crippen molar-refractivity contribution in [3.63, 3.8) is 0 Å². The van der Waals surface area contributed by atoms with Crippen LogP contribution < -0.4 is 14.8 Å². The average Bonchev–Trinajstić information content (AvgIpc) is 2.72. The highest BCUT2D eigenvalue weighted by Gasteiger charge is 2.05. The summed E-state index contributed by atoms with van der Waals surface area (Å²) in [7, 11) is 1.61. The number of hydrogen-bond donors (Lipinski definition) is 1. The summed E-state index contributed by atoms with van der Waals surface area (Å²) in [5, 5.41) is 2.72. The first-order chi connectivity index (χ1) is 13.6. The summed E-state index contributed by atoms with van der Waals surface area (Å²) in [6, 6.07) is 14.9. The first kappa shape index (κ1) is 21.0. The molecule has 2 aromatic rings. The van der Waals surface area contributed by atoms with E-state index in [2.05, 4.69) is 5.32 Å². The van der Waals surface area contributed by atoms with Gasteiger partial charge in [-0.2, -0.15) is 0 Å². The first-order valence-corrected chi connectivity index (χ1v) is 9.08. The third-order valence-corrected chi connectivity index (χ3v) is 3.84. The van der Waals surface area contributed by atoms with Crippen LogP contribution in [0.25, 0.3) is 6.08 Å². The van der Waals surface area contributed by atoms with E-state index in [1.54, 1.807) is 13.2 Å². The zero-order valence-corrected chi connectivity index (χ0v) is 16.1. The SMILES string of the molecule is CCOc1ccc(/C=C/C(=O)OCC(=O)NCCc2ccc(OC)cc2)cc1. The van der Waals surface area contributed by atoms with Crippen LogP contribution in [0.5, 0.6) is 11.5 Å². The van der Waals surface area contributed by atoms with Gasteiger partial charge in [0.05, 0.1) is 13.7 Å². The molecular weight excluding hydrogens is 358 g/mol. The maximum absolute atomic E-state index is 11.8. The zero-order chi connectivity index (χ0) is 20.2. The van der Waals surface area contributed by atoms with Crippen molar-refractivity contribution in [3.8, 4) is 11.5 Å². The largest absolute Gasteiger partial charge is 0.497 e. The molecule has 0 aliphatic carbocycles. The third-order valence-electron chi connectivity index (χ3n) is 3.84. The number of methoxy groups -OCH3 is 1. The molecule has 0 heterocycles. The Morgan fingerprint density at radius 3 is 2.32 bits per heavy atom. The Kier molecular flexibility index (Phi) is 8.59. The Morgan fingerprint density at radius 2 is 1.68 bits per heavy atom. The van der Waals surface area contributed by atoms with Crippen LogP contribution in [0, 0.1) is 0 Å². The first-order valence-electron chi connectivity index (χ1n) is 9.08. The van der Waals surface area contributed by atoms with E-state index in [-0.39, 0.29) is 12.5 Å². The fourth-order valence-electron chi connectivity index (χ4n) is 2.38. The van der Waals surface area contributed by atoms with Gasteiger partial charge >= 0.3 is 5.97 Å². The molecule has 28 heavy (non-hydrogen) atoms. The van der Waals surface area contributed by atoms with E-state index in [0.29, 0.717) is 19.6 Å². The highest BCUT2D eigenvalue weighted by Crippen LogP contribution is 2.13. The van der Waals surface area contributed by atoms with E-state index in [0.717, 1.165) is 22.6 Å². The molecule has 148 valence electrons. The summed E-state index contributed by atoms with van der Waals surface area (Å²) in [6.45, 7) is 2.67. The van der Waals surface area contributed by atoms with Crippen molar-refractivity contribution >= 4 is 18.0 Å². The molecule has 0 aliphatic rings. The second kappa shape index (κ2) is 11.4. The van der Waals surface area contributed by atoms with Gasteiger partial charge in [-0.3, -0.25) is 4.79 Å². The van der Waals surface area contributed by atoms with Crippen LogP contribution >= 0.6 is 0 Å². The molecule has 0 atom stereocenters. The predicted molar refractivity (Wildman–Crippen MR) is 107 cm³/mol. The topological polar surface area (TPSA) is 73.9 Å². The number of hydrogen-bond acceptors (Lipinski definition) is 5. The molecule has 2 rings (SSSR count). The van der Waals surface area contributed by atoms with Gasteiger partial charge in [0.25, 0.3) is 5.91 Å². The molecular formula is C22H25NO5. The zero-order valence-electron chi connectivity index (χ0n) is 16.1. The summed E-state index contributed by atoms with van der Waals surface area (Å²) in [6.07, 6.45) is 3.60. The molecule has 0 bridgehead atoms. The maximum Gasteiger partial charge on any atom is 0.331 e. The minimum absolute atomic E-state index is 0.310. The van der Waals surface area contributed by atoms with Crippen LogP contribution in [-0.2, 0) is 20.7 Å². The average molecular weight is 383 g/mol. The van der Waals surface area contributed by atoms with Crippen molar-refractivity contribution < 1.29 is 23.8 Å². The van der Waals surface area contributed by atoms with Crippen molar-refractivity contribution in [2.75, 3.05) is 26.9 Å². The number of nitrogens with one attached hydrogen (secondary N) is 1. The lowest BCUT2D eigenvalue weighted by atomic mass is 10.1. The Balaban J connectivity index is 1.66. The third kappa shape index (κ3) is 7.53. The molecule has 0 unspecified atom stereocenters. The lowest BCUT2D eigenvalue weighted by molar-refractivity contribution is -0.143. The predicted octanol–water partition coefficient (Wildman–Crippen LogP) is 3.01. The molecule has 1 amide bonds. The highest BCUT2D eigenvalue weighted by molar-refractivity contribution is 5.89. The van der Waals surface area contributed by atoms with Gasteiger partial charge in [-0.25, -0.2) is 4.79 Å². The van der Waals surface area contributed by atoms with E-state index >= 15 is 0 Å². The number of rotatable bonds is 10. The van der Waals surface area contributed by atoms with Crippen LogP contribution in [0.4, 0.5) is 0 Å². The summed E-state index contributed by atoms with van der Waals surface area (Å²) in [5.41, 5.74) is 1.92. The molecule has 0 aliphatic heterocycles. The van der Waals surface area contributed by atoms with Crippen molar-refractivity contribution in [2.45, 2.75) is 13.3 Å². The Morgan fingerprint density at radius 1 is 1.00 bits per heavy atom. The highest BCUT2D eigenvalue weighted by atomic mass is 16.5. The van der Waals surface area contributed by atoms with Gasteiger partial charge in [0, 0.05) is 12.6 Å². The number of esters is 1. The van der Waals surface area contributed by atoms with Gasteiger partial charge in [-0.05, 0) is 54.8 Å². The molecule has 0 spiro atoms. The van der Waals surface area contributed by atoms with Crippen LogP contribution in [0.2, 0.25) is 0 Å². The van der Waals surface area contributed by atoms with Gasteiger partial charge < -0.3 is 19.5 Å². The van der Waals surface area contributed by atoms with Crippen LogP contribution in [-0.4, -0.2) is 38.7 Å². The van der Waals surface area contributed by atoms with E-state index in [1.165, 1.54) is 6.08 Å². The minimum Gasteiger partial charge on any atom is -0.497 e.